The summed E-state index contributed by atoms with van der Waals surface area (Å²) in [6.07, 6.45) is 0. The van der Waals surface area contributed by atoms with Crippen LogP contribution in [0.15, 0.2) is 18.2 Å². The second-order valence-electron chi connectivity index (χ2n) is 2.04. The minimum Gasteiger partial charge on any atom is -0.733 e. The molecule has 0 atom stereocenters. The SMILES string of the molecule is CON([O-])c1ccc(F)c(Cl)c1. The molecule has 0 spiro atoms. The highest BCUT2D eigenvalue weighted by atomic mass is 35.5. The van der Waals surface area contributed by atoms with Gasteiger partial charge in [0.1, 0.15) is 5.82 Å². The van der Waals surface area contributed by atoms with Crippen molar-refractivity contribution < 1.29 is 9.23 Å². The molecule has 0 aliphatic heterocycles. The molecule has 0 saturated carbocycles. The fourth-order valence-corrected chi connectivity index (χ4v) is 0.879. The minimum atomic E-state index is -0.565. The van der Waals surface area contributed by atoms with Crippen LogP contribution < -0.4 is 5.23 Å². The molecule has 0 unspecified atom stereocenters. The van der Waals surface area contributed by atoms with E-state index in [1.807, 2.05) is 0 Å². The quantitative estimate of drug-likeness (QED) is 0.672. The van der Waals surface area contributed by atoms with E-state index >= 15 is 0 Å². The van der Waals surface area contributed by atoms with Crippen LogP contribution >= 0.6 is 11.6 Å². The van der Waals surface area contributed by atoms with E-state index in [4.69, 9.17) is 11.6 Å². The number of hydrogen-bond donors (Lipinski definition) is 0. The Morgan fingerprint density at radius 2 is 2.25 bits per heavy atom. The first-order chi connectivity index (χ1) is 5.65. The maximum absolute atomic E-state index is 12.6. The Labute approximate surface area is 73.8 Å². The van der Waals surface area contributed by atoms with Gasteiger partial charge in [-0.1, -0.05) is 11.6 Å². The molecule has 0 amide bonds. The van der Waals surface area contributed by atoms with E-state index in [9.17, 15) is 9.60 Å². The minimum absolute atomic E-state index is 0.106. The molecule has 0 fully saturated rings. The molecule has 0 bridgehead atoms. The molecule has 3 nitrogen and oxygen atoms in total. The van der Waals surface area contributed by atoms with E-state index in [-0.39, 0.29) is 15.9 Å². The Balaban J connectivity index is 2.96. The van der Waals surface area contributed by atoms with Crippen LogP contribution in [0, 0.1) is 11.0 Å². The zero-order chi connectivity index (χ0) is 9.14. The summed E-state index contributed by atoms with van der Waals surface area (Å²) in [5, 5.41) is 10.9. The van der Waals surface area contributed by atoms with Gasteiger partial charge in [-0.05, 0) is 18.2 Å². The number of benzene rings is 1. The first kappa shape index (κ1) is 9.25. The van der Waals surface area contributed by atoms with E-state index in [0.717, 1.165) is 6.07 Å². The highest BCUT2D eigenvalue weighted by Crippen LogP contribution is 2.21. The van der Waals surface area contributed by atoms with Crippen molar-refractivity contribution in [2.45, 2.75) is 0 Å². The largest absolute Gasteiger partial charge is 0.733 e. The molecular formula is C7H6ClFNO2-. The van der Waals surface area contributed by atoms with Crippen molar-refractivity contribution in [3.63, 3.8) is 0 Å². The third kappa shape index (κ3) is 1.85. The summed E-state index contributed by atoms with van der Waals surface area (Å²) in [6.45, 7) is 0. The summed E-state index contributed by atoms with van der Waals surface area (Å²) in [7, 11) is 1.21. The number of nitrogens with zero attached hydrogens (tertiary/aromatic N) is 1. The zero-order valence-electron chi connectivity index (χ0n) is 6.25. The van der Waals surface area contributed by atoms with Crippen molar-refractivity contribution in [3.8, 4) is 0 Å². The van der Waals surface area contributed by atoms with Crippen LogP contribution in [0.5, 0.6) is 0 Å². The average molecular weight is 191 g/mol. The van der Waals surface area contributed by atoms with Gasteiger partial charge in [0.2, 0.25) is 0 Å². The van der Waals surface area contributed by atoms with E-state index < -0.39 is 5.82 Å². The average Bonchev–Trinajstić information content (AvgIpc) is 2.08. The summed E-state index contributed by atoms with van der Waals surface area (Å²) < 4.78 is 12.6. The monoisotopic (exact) mass is 190 g/mol. The van der Waals surface area contributed by atoms with Gasteiger partial charge in [-0.25, -0.2) is 4.39 Å². The normalized spacial score (nSPS) is 10.0. The fraction of sp³-hybridized carbons (Fsp3) is 0.143. The molecule has 0 aliphatic carbocycles. The van der Waals surface area contributed by atoms with Crippen LogP contribution in [0.3, 0.4) is 0 Å². The third-order valence-electron chi connectivity index (χ3n) is 1.28. The van der Waals surface area contributed by atoms with E-state index in [2.05, 4.69) is 4.84 Å². The molecule has 0 radical (unpaired) electrons. The van der Waals surface area contributed by atoms with Crippen LogP contribution in [0.2, 0.25) is 5.02 Å². The Hall–Kier alpha value is -0.840. The molecule has 1 aromatic rings. The van der Waals surface area contributed by atoms with Crippen LogP contribution in [-0.4, -0.2) is 7.11 Å². The lowest BCUT2D eigenvalue weighted by molar-refractivity contribution is 0.198. The van der Waals surface area contributed by atoms with E-state index in [0.29, 0.717) is 0 Å². The molecule has 1 aromatic carbocycles. The molecule has 0 heterocycles. The number of rotatable bonds is 2. The fourth-order valence-electron chi connectivity index (χ4n) is 0.704. The maximum atomic E-state index is 12.6. The maximum Gasteiger partial charge on any atom is 0.141 e. The summed E-state index contributed by atoms with van der Waals surface area (Å²) >= 11 is 5.42. The van der Waals surface area contributed by atoms with Gasteiger partial charge >= 0.3 is 0 Å². The summed E-state index contributed by atoms with van der Waals surface area (Å²) in [4.78, 5) is 4.33. The first-order valence-corrected chi connectivity index (χ1v) is 3.49. The highest BCUT2D eigenvalue weighted by molar-refractivity contribution is 6.31. The Morgan fingerprint density at radius 1 is 1.58 bits per heavy atom. The number of halogens is 2. The molecule has 0 saturated heterocycles. The van der Waals surface area contributed by atoms with Gasteiger partial charge in [0.25, 0.3) is 0 Å². The van der Waals surface area contributed by atoms with Gasteiger partial charge in [-0.15, -0.1) is 0 Å². The summed E-state index contributed by atoms with van der Waals surface area (Å²) in [5.41, 5.74) is 0.156. The molecule has 66 valence electrons. The summed E-state index contributed by atoms with van der Waals surface area (Å²) in [6, 6.07) is 3.56. The second kappa shape index (κ2) is 3.71. The van der Waals surface area contributed by atoms with Gasteiger partial charge in [0, 0.05) is 0 Å². The lowest BCUT2D eigenvalue weighted by Crippen LogP contribution is -2.11. The van der Waals surface area contributed by atoms with Crippen LogP contribution in [0.25, 0.3) is 0 Å². The van der Waals surface area contributed by atoms with Crippen molar-refractivity contribution in [3.05, 3.63) is 34.2 Å². The molecule has 0 N–H and O–H groups in total. The van der Waals surface area contributed by atoms with Gasteiger partial charge in [0.05, 0.1) is 17.8 Å². The smallest absolute Gasteiger partial charge is 0.141 e. The Morgan fingerprint density at radius 3 is 2.75 bits per heavy atom. The van der Waals surface area contributed by atoms with Crippen LogP contribution in [0.4, 0.5) is 10.1 Å². The highest BCUT2D eigenvalue weighted by Gasteiger charge is 2.00. The van der Waals surface area contributed by atoms with E-state index in [1.54, 1.807) is 0 Å². The number of hydrogen-bond acceptors (Lipinski definition) is 3. The Kier molecular flexibility index (Phi) is 2.86. The molecule has 1 rings (SSSR count). The molecule has 0 aliphatic rings. The molecule has 12 heavy (non-hydrogen) atoms. The summed E-state index contributed by atoms with van der Waals surface area (Å²) in [5.74, 6) is -0.565. The van der Waals surface area contributed by atoms with Crippen LogP contribution in [0.1, 0.15) is 0 Å². The van der Waals surface area contributed by atoms with Gasteiger partial charge in [0.15, 0.2) is 0 Å². The van der Waals surface area contributed by atoms with Gasteiger partial charge in [-0.3, -0.25) is 4.84 Å². The second-order valence-corrected chi connectivity index (χ2v) is 2.45. The standard InChI is InChI=1S/C7H6ClFNO2/c1-12-10(11)5-2-3-7(9)6(8)4-5/h2-4H,1H3/q-1. The topological polar surface area (TPSA) is 35.5 Å². The van der Waals surface area contributed by atoms with Crippen molar-refractivity contribution in [2.24, 2.45) is 0 Å². The predicted molar refractivity (Wildman–Crippen MR) is 44.3 cm³/mol. The molecule has 5 heteroatoms. The Bertz CT molecular complexity index is 282. The van der Waals surface area contributed by atoms with Crippen molar-refractivity contribution in [2.75, 3.05) is 12.3 Å². The van der Waals surface area contributed by atoms with Crippen molar-refractivity contribution in [1.82, 2.24) is 0 Å². The van der Waals surface area contributed by atoms with Gasteiger partial charge < -0.3 is 10.4 Å². The predicted octanol–water partition coefficient (Wildman–Crippen LogP) is 2.34. The van der Waals surface area contributed by atoms with Gasteiger partial charge in [-0.2, -0.15) is 0 Å². The lowest BCUT2D eigenvalue weighted by Gasteiger charge is -2.26. The molecular weight excluding hydrogens is 185 g/mol. The third-order valence-corrected chi connectivity index (χ3v) is 1.57. The first-order valence-electron chi connectivity index (χ1n) is 3.11. The van der Waals surface area contributed by atoms with E-state index in [1.165, 1.54) is 19.2 Å². The van der Waals surface area contributed by atoms with Crippen LogP contribution in [-0.2, 0) is 4.84 Å². The number of anilines is 1. The zero-order valence-corrected chi connectivity index (χ0v) is 7.01. The van der Waals surface area contributed by atoms with Crippen molar-refractivity contribution in [1.29, 1.82) is 0 Å². The van der Waals surface area contributed by atoms with Crippen molar-refractivity contribution >= 4 is 17.3 Å². The molecule has 0 aromatic heterocycles. The lowest BCUT2D eigenvalue weighted by atomic mass is 10.3.